The lowest BCUT2D eigenvalue weighted by Crippen LogP contribution is -2.46. The normalized spacial score (nSPS) is 17.2. The minimum absolute atomic E-state index is 0.0347. The minimum Gasteiger partial charge on any atom is -0.349 e. The molecule has 1 amide bonds. The Labute approximate surface area is 167 Å². The minimum atomic E-state index is -0.235. The van der Waals surface area contributed by atoms with E-state index >= 15 is 0 Å². The van der Waals surface area contributed by atoms with Gasteiger partial charge in [0.25, 0.3) is 0 Å². The zero-order valence-electron chi connectivity index (χ0n) is 16.9. The lowest BCUT2D eigenvalue weighted by molar-refractivity contribution is -0.123. The van der Waals surface area contributed by atoms with Crippen molar-refractivity contribution < 1.29 is 4.79 Å². The fraction of sp³-hybridized carbons (Fsp3) is 0.500. The molecule has 1 aliphatic carbocycles. The molecule has 150 valence electrons. The van der Waals surface area contributed by atoms with Crippen LogP contribution in [0.15, 0.2) is 42.7 Å². The Hall–Kier alpha value is -2.31. The Morgan fingerprint density at radius 1 is 1.21 bits per heavy atom. The summed E-state index contributed by atoms with van der Waals surface area (Å²) in [6, 6.07) is 9.79. The van der Waals surface area contributed by atoms with Crippen molar-refractivity contribution in [2.45, 2.75) is 50.7 Å². The number of hydrogen-bond donors (Lipinski definition) is 2. The molecule has 28 heavy (non-hydrogen) atoms. The van der Waals surface area contributed by atoms with E-state index < -0.39 is 0 Å². The van der Waals surface area contributed by atoms with Gasteiger partial charge in [-0.15, -0.1) is 0 Å². The van der Waals surface area contributed by atoms with Crippen LogP contribution in [0.1, 0.15) is 48.7 Å². The van der Waals surface area contributed by atoms with Gasteiger partial charge in [0.15, 0.2) is 0 Å². The van der Waals surface area contributed by atoms with E-state index in [2.05, 4.69) is 45.7 Å². The highest BCUT2D eigenvalue weighted by Gasteiger charge is 2.27. The van der Waals surface area contributed by atoms with Gasteiger partial charge in [0, 0.05) is 12.4 Å². The van der Waals surface area contributed by atoms with Crippen molar-refractivity contribution in [2.75, 3.05) is 20.6 Å². The third-order valence-electron chi connectivity index (χ3n) is 5.18. The van der Waals surface area contributed by atoms with Gasteiger partial charge in [-0.1, -0.05) is 12.1 Å². The van der Waals surface area contributed by atoms with E-state index in [0.717, 1.165) is 50.0 Å². The zero-order valence-corrected chi connectivity index (χ0v) is 16.9. The van der Waals surface area contributed by atoms with E-state index in [4.69, 9.17) is 0 Å². The lowest BCUT2D eigenvalue weighted by atomic mass is 9.91. The monoisotopic (exact) mass is 381 g/mol. The summed E-state index contributed by atoms with van der Waals surface area (Å²) < 4.78 is 0. The van der Waals surface area contributed by atoms with Crippen molar-refractivity contribution in [2.24, 2.45) is 0 Å². The van der Waals surface area contributed by atoms with E-state index in [1.165, 1.54) is 5.56 Å². The molecule has 2 aromatic rings. The zero-order chi connectivity index (χ0) is 19.8. The van der Waals surface area contributed by atoms with Crippen LogP contribution in [0.25, 0.3) is 0 Å². The third kappa shape index (κ3) is 5.84. The molecule has 0 radical (unpaired) electrons. The van der Waals surface area contributed by atoms with Gasteiger partial charge in [0.1, 0.15) is 0 Å². The van der Waals surface area contributed by atoms with Crippen LogP contribution in [0.2, 0.25) is 0 Å². The average Bonchev–Trinajstić information content (AvgIpc) is 2.72. The van der Waals surface area contributed by atoms with Crippen LogP contribution in [0.4, 0.5) is 0 Å². The summed E-state index contributed by atoms with van der Waals surface area (Å²) >= 11 is 0. The van der Waals surface area contributed by atoms with E-state index in [0.29, 0.717) is 6.54 Å². The molecule has 1 unspecified atom stereocenters. The van der Waals surface area contributed by atoms with Gasteiger partial charge in [-0.2, -0.15) is 0 Å². The van der Waals surface area contributed by atoms with Gasteiger partial charge in [-0.05, 0) is 76.5 Å². The summed E-state index contributed by atoms with van der Waals surface area (Å²) in [4.78, 5) is 24.0. The molecule has 3 rings (SSSR count). The van der Waals surface area contributed by atoms with Crippen LogP contribution in [0.3, 0.4) is 0 Å². The van der Waals surface area contributed by atoms with Gasteiger partial charge in [-0.25, -0.2) is 0 Å². The largest absolute Gasteiger partial charge is 0.349 e. The van der Waals surface area contributed by atoms with Crippen molar-refractivity contribution in [3.63, 3.8) is 0 Å². The summed E-state index contributed by atoms with van der Waals surface area (Å²) in [5.74, 6) is 0.0347. The Bertz CT molecular complexity index is 750. The van der Waals surface area contributed by atoms with Crippen molar-refractivity contribution in [3.05, 3.63) is 59.7 Å². The van der Waals surface area contributed by atoms with E-state index in [1.807, 2.05) is 30.5 Å². The van der Waals surface area contributed by atoms with Crippen molar-refractivity contribution in [1.29, 1.82) is 0 Å². The number of carbonyl (C=O) groups is 1. The summed E-state index contributed by atoms with van der Waals surface area (Å²) in [5.41, 5.74) is 3.27. The fourth-order valence-electron chi connectivity index (χ4n) is 3.72. The highest BCUT2D eigenvalue weighted by atomic mass is 16.2. The van der Waals surface area contributed by atoms with Crippen LogP contribution in [0.5, 0.6) is 0 Å². The lowest BCUT2D eigenvalue weighted by Gasteiger charge is -2.29. The summed E-state index contributed by atoms with van der Waals surface area (Å²) in [7, 11) is 4.12. The molecule has 0 spiro atoms. The first kappa shape index (κ1) is 20.4. The molecule has 2 N–H and O–H groups in total. The smallest absolute Gasteiger partial charge is 0.237 e. The first-order valence-electron chi connectivity index (χ1n) is 10.2. The topological polar surface area (TPSA) is 70.2 Å². The molecule has 0 saturated carbocycles. The number of rotatable bonds is 9. The fourth-order valence-corrected chi connectivity index (χ4v) is 3.72. The molecule has 1 aliphatic rings. The van der Waals surface area contributed by atoms with Crippen LogP contribution in [-0.4, -0.2) is 47.5 Å². The number of aryl methyl sites for hydroxylation is 1. The molecule has 0 aromatic carbocycles. The van der Waals surface area contributed by atoms with Crippen LogP contribution in [-0.2, 0) is 17.8 Å². The molecule has 2 aromatic heterocycles. The van der Waals surface area contributed by atoms with Gasteiger partial charge in [0.2, 0.25) is 5.91 Å². The van der Waals surface area contributed by atoms with Gasteiger partial charge in [-0.3, -0.25) is 20.1 Å². The molecule has 6 heteroatoms. The van der Waals surface area contributed by atoms with Gasteiger partial charge in [0.05, 0.1) is 30.0 Å². The van der Waals surface area contributed by atoms with Crippen LogP contribution < -0.4 is 10.6 Å². The molecular weight excluding hydrogens is 350 g/mol. The maximum atomic E-state index is 12.9. The maximum Gasteiger partial charge on any atom is 0.237 e. The Morgan fingerprint density at radius 2 is 2.07 bits per heavy atom. The van der Waals surface area contributed by atoms with Crippen LogP contribution in [0, 0.1) is 0 Å². The van der Waals surface area contributed by atoms with E-state index in [1.54, 1.807) is 6.20 Å². The first-order valence-corrected chi connectivity index (χ1v) is 10.2. The summed E-state index contributed by atoms with van der Waals surface area (Å²) in [5, 5.41) is 6.66. The maximum absolute atomic E-state index is 12.9. The van der Waals surface area contributed by atoms with Gasteiger partial charge < -0.3 is 10.2 Å². The molecule has 2 heterocycles. The molecule has 0 bridgehead atoms. The standard InChI is InChI=1S/C22H31N5O/c1-27(2)15-7-12-20(22(28)25-16-18-10-3-4-13-23-18)26-19-11-5-8-17-9-6-14-24-21(17)19/h3-4,6,9-10,13-14,19-20,26H,5,7-8,11-12,15-16H2,1-2H3,(H,25,28)/t19?,20-/m0/s1. The number of amides is 1. The molecule has 2 atom stereocenters. The quantitative estimate of drug-likeness (QED) is 0.698. The Kier molecular flexibility index (Phi) is 7.51. The molecule has 0 fully saturated rings. The number of carbonyl (C=O) groups excluding carboxylic acids is 1. The van der Waals surface area contributed by atoms with Crippen molar-refractivity contribution in [3.8, 4) is 0 Å². The second-order valence-corrected chi connectivity index (χ2v) is 7.70. The number of pyridine rings is 2. The summed E-state index contributed by atoms with van der Waals surface area (Å²) in [6.45, 7) is 1.41. The second-order valence-electron chi connectivity index (χ2n) is 7.70. The summed E-state index contributed by atoms with van der Waals surface area (Å²) in [6.07, 6.45) is 8.56. The van der Waals surface area contributed by atoms with Crippen LogP contribution >= 0.6 is 0 Å². The predicted molar refractivity (Wildman–Crippen MR) is 111 cm³/mol. The highest BCUT2D eigenvalue weighted by Crippen LogP contribution is 2.28. The number of aromatic nitrogens is 2. The number of hydrogen-bond acceptors (Lipinski definition) is 5. The van der Waals surface area contributed by atoms with Crippen molar-refractivity contribution >= 4 is 5.91 Å². The third-order valence-corrected chi connectivity index (χ3v) is 5.18. The van der Waals surface area contributed by atoms with E-state index in [-0.39, 0.29) is 18.0 Å². The molecule has 6 nitrogen and oxygen atoms in total. The predicted octanol–water partition coefficient (Wildman–Crippen LogP) is 2.47. The number of nitrogens with zero attached hydrogens (tertiary/aromatic N) is 3. The highest BCUT2D eigenvalue weighted by molar-refractivity contribution is 5.81. The Morgan fingerprint density at radius 3 is 2.86 bits per heavy atom. The van der Waals surface area contributed by atoms with E-state index in [9.17, 15) is 4.79 Å². The van der Waals surface area contributed by atoms with Crippen molar-refractivity contribution in [1.82, 2.24) is 25.5 Å². The molecule has 0 aliphatic heterocycles. The SMILES string of the molecule is CN(C)CCC[C@H](NC1CCCc2cccnc21)C(=O)NCc1ccccn1. The number of nitrogens with one attached hydrogen (secondary N) is 2. The van der Waals surface area contributed by atoms with Gasteiger partial charge >= 0.3 is 0 Å². The number of fused-ring (bicyclic) bond motifs is 1. The molecular formula is C22H31N5O. The average molecular weight is 382 g/mol. The second kappa shape index (κ2) is 10.3. The Balaban J connectivity index is 1.65. The molecule has 0 saturated heterocycles. The first-order chi connectivity index (χ1) is 13.6.